The molecule has 2 aromatic carbocycles. The second kappa shape index (κ2) is 10.2. The normalized spacial score (nSPS) is 13.9. The van der Waals surface area contributed by atoms with Crippen LogP contribution in [0.5, 0.6) is 0 Å². The van der Waals surface area contributed by atoms with E-state index in [1.165, 1.54) is 0 Å². The molecule has 0 unspecified atom stereocenters. The van der Waals surface area contributed by atoms with Crippen LogP contribution in [0.2, 0.25) is 0 Å². The van der Waals surface area contributed by atoms with Crippen LogP contribution in [0.25, 0.3) is 0 Å². The van der Waals surface area contributed by atoms with Gasteiger partial charge in [0.2, 0.25) is 0 Å². The number of rotatable bonds is 7. The second-order valence-corrected chi connectivity index (χ2v) is 14.7. The van der Waals surface area contributed by atoms with Gasteiger partial charge in [-0.25, -0.2) is 0 Å². The Labute approximate surface area is 215 Å². The van der Waals surface area contributed by atoms with Gasteiger partial charge in [0, 0.05) is 0 Å². The van der Waals surface area contributed by atoms with E-state index >= 15 is 0 Å². The van der Waals surface area contributed by atoms with E-state index in [2.05, 4.69) is 111 Å². The fourth-order valence-corrected chi connectivity index (χ4v) is 6.67. The van der Waals surface area contributed by atoms with Crippen LogP contribution in [0.15, 0.2) is 36.4 Å². The summed E-state index contributed by atoms with van der Waals surface area (Å²) in [4.78, 5) is 34.4. The van der Waals surface area contributed by atoms with Crippen molar-refractivity contribution in [2.75, 3.05) is 20.3 Å². The fraction of sp³-hybridized carbons (Fsp3) is 0.600. The number of nitrogens with zero attached hydrogens (tertiary/aromatic N) is 1. The molecule has 0 aliphatic rings. The van der Waals surface area contributed by atoms with Crippen molar-refractivity contribution in [3.05, 3.63) is 69.8 Å². The number of hydrogen-bond acceptors (Lipinski definition) is 4. The molecular weight excluding hydrogens is 453 g/mol. The Bertz CT molecular complexity index is 952. The van der Waals surface area contributed by atoms with Crippen LogP contribution >= 0.6 is 7.94 Å². The summed E-state index contributed by atoms with van der Waals surface area (Å²) in [6.07, 6.45) is -0.174. The first kappa shape index (κ1) is 29.9. The third-order valence-corrected chi connectivity index (χ3v) is 7.97. The number of benzene rings is 2. The first-order chi connectivity index (χ1) is 15.7. The Morgan fingerprint density at radius 3 is 1.26 bits per heavy atom. The van der Waals surface area contributed by atoms with E-state index < -0.39 is 13.5 Å². The van der Waals surface area contributed by atoms with Gasteiger partial charge in [-0.2, -0.15) is 14.7 Å². The average molecular weight is 503 g/mol. The predicted octanol–water partition coefficient (Wildman–Crippen LogP) is 7.07. The average Bonchev–Trinajstić information content (AvgIpc) is 2.68. The minimum Gasteiger partial charge on any atom is -0.293 e. The summed E-state index contributed by atoms with van der Waals surface area (Å²) >= 11 is 0. The minimum absolute atomic E-state index is 0.174. The molecule has 0 bridgehead atoms. The Balaban J connectivity index is 3.36. The zero-order valence-electron chi connectivity index (χ0n) is 24.1. The molecule has 0 saturated carbocycles. The maximum atomic E-state index is 10.8. The van der Waals surface area contributed by atoms with Crippen LogP contribution < -0.4 is 0 Å². The molecule has 0 aliphatic heterocycles. The van der Waals surface area contributed by atoms with E-state index in [9.17, 15) is 14.7 Å². The molecule has 4 nitrogen and oxygen atoms in total. The van der Waals surface area contributed by atoms with Crippen LogP contribution in [-0.2, 0) is 16.4 Å². The molecule has 0 spiro atoms. The lowest BCUT2D eigenvalue weighted by atomic mass is 9.66. The molecule has 0 atom stereocenters. The van der Waals surface area contributed by atoms with Gasteiger partial charge in [0.05, 0.1) is 0 Å². The van der Waals surface area contributed by atoms with Gasteiger partial charge in [-0.15, -0.1) is 0 Å². The van der Waals surface area contributed by atoms with Crippen molar-refractivity contribution in [1.82, 2.24) is 4.90 Å². The maximum Gasteiger partial charge on any atom is 0.406 e. The van der Waals surface area contributed by atoms with Crippen LogP contribution in [-0.4, -0.2) is 39.8 Å². The van der Waals surface area contributed by atoms with Gasteiger partial charge in [0.1, 0.15) is 5.54 Å². The van der Waals surface area contributed by atoms with E-state index in [0.717, 1.165) is 33.4 Å². The molecule has 0 amide bonds. The molecule has 2 aromatic rings. The Morgan fingerprint density at radius 1 is 0.686 bits per heavy atom. The van der Waals surface area contributed by atoms with E-state index in [1.54, 1.807) is 0 Å². The van der Waals surface area contributed by atoms with Crippen molar-refractivity contribution in [1.29, 1.82) is 0 Å². The van der Waals surface area contributed by atoms with Crippen molar-refractivity contribution < 1.29 is 14.7 Å². The summed E-state index contributed by atoms with van der Waals surface area (Å²) < 4.78 is 0. The summed E-state index contributed by atoms with van der Waals surface area (Å²) in [6, 6.07) is 12.9. The van der Waals surface area contributed by atoms with Crippen LogP contribution in [0.4, 0.5) is 0 Å². The standard InChI is InChI=1S/C30H49NO3P/c1-20(2)22-15-13-17-24(28(5,6)7)26(22)30(31(11)12,19-35(32,33)34)27-23(21(3)4)16-14-18-25(27)29(8,9)10/h13-18,20-21,32-34H,19H2,1-12H3/q+1. The highest BCUT2D eigenvalue weighted by molar-refractivity contribution is 7.58. The van der Waals surface area contributed by atoms with Crippen molar-refractivity contribution in [3.8, 4) is 0 Å². The first-order valence-corrected chi connectivity index (χ1v) is 14.6. The lowest BCUT2D eigenvalue weighted by molar-refractivity contribution is 0.196. The largest absolute Gasteiger partial charge is 0.406 e. The van der Waals surface area contributed by atoms with Crippen molar-refractivity contribution in [2.45, 2.75) is 97.4 Å². The molecule has 0 saturated heterocycles. The SMILES string of the molecule is CC(C)c1cccc(C(C)(C)C)c1C(C[P+](O)(O)O)(c1c(C(C)C)cccc1C(C)(C)C)N(C)C. The summed E-state index contributed by atoms with van der Waals surface area (Å²) in [5.41, 5.74) is 5.44. The Hall–Kier alpha value is -1.29. The third kappa shape index (κ3) is 6.17. The molecular formula is C30H49NO3P+. The fourth-order valence-electron chi connectivity index (χ4n) is 5.45. The van der Waals surface area contributed by atoms with Crippen LogP contribution in [0, 0.1) is 0 Å². The monoisotopic (exact) mass is 502 g/mol. The Kier molecular flexibility index (Phi) is 8.75. The van der Waals surface area contributed by atoms with E-state index in [0.29, 0.717) is 0 Å². The van der Waals surface area contributed by atoms with Gasteiger partial charge < -0.3 is 0 Å². The molecule has 0 radical (unpaired) electrons. The van der Waals surface area contributed by atoms with E-state index in [-0.39, 0.29) is 28.8 Å². The first-order valence-electron chi connectivity index (χ1n) is 12.8. The number of hydrogen-bond donors (Lipinski definition) is 3. The molecule has 196 valence electrons. The highest BCUT2D eigenvalue weighted by atomic mass is 31.2. The van der Waals surface area contributed by atoms with Crippen molar-refractivity contribution >= 4 is 7.94 Å². The van der Waals surface area contributed by atoms with Crippen LogP contribution in [0.1, 0.15) is 114 Å². The molecule has 0 heterocycles. The summed E-state index contributed by atoms with van der Waals surface area (Å²) in [6.45, 7) is 22.0. The molecule has 0 fully saturated rings. The van der Waals surface area contributed by atoms with Crippen molar-refractivity contribution in [3.63, 3.8) is 0 Å². The molecule has 2 rings (SSSR count). The van der Waals surface area contributed by atoms with E-state index in [1.807, 2.05) is 14.1 Å². The van der Waals surface area contributed by atoms with Crippen molar-refractivity contribution in [2.24, 2.45) is 0 Å². The van der Waals surface area contributed by atoms with Gasteiger partial charge in [-0.1, -0.05) is 106 Å². The zero-order chi connectivity index (χ0) is 27.1. The lowest BCUT2D eigenvalue weighted by Crippen LogP contribution is -2.50. The highest BCUT2D eigenvalue weighted by Gasteiger charge is 2.54. The summed E-state index contributed by atoms with van der Waals surface area (Å²) in [7, 11) is -0.203. The highest BCUT2D eigenvalue weighted by Crippen LogP contribution is 2.58. The molecule has 0 aromatic heterocycles. The lowest BCUT2D eigenvalue weighted by Gasteiger charge is -2.47. The smallest absolute Gasteiger partial charge is 0.293 e. The molecule has 5 heteroatoms. The van der Waals surface area contributed by atoms with Gasteiger partial charge in [0.25, 0.3) is 0 Å². The van der Waals surface area contributed by atoms with E-state index in [4.69, 9.17) is 0 Å². The third-order valence-electron chi connectivity index (χ3n) is 7.08. The maximum absolute atomic E-state index is 10.8. The predicted molar refractivity (Wildman–Crippen MR) is 151 cm³/mol. The molecule has 35 heavy (non-hydrogen) atoms. The summed E-state index contributed by atoms with van der Waals surface area (Å²) in [5, 5.41) is 0. The van der Waals surface area contributed by atoms with Gasteiger partial charge in [0.15, 0.2) is 6.16 Å². The van der Waals surface area contributed by atoms with Gasteiger partial charge in [-0.3, -0.25) is 4.90 Å². The summed E-state index contributed by atoms with van der Waals surface area (Å²) in [5.74, 6) is 0.416. The molecule has 0 aliphatic carbocycles. The Morgan fingerprint density at radius 2 is 1.03 bits per heavy atom. The molecule has 3 N–H and O–H groups in total. The van der Waals surface area contributed by atoms with Gasteiger partial charge in [-0.05, 0) is 70.1 Å². The zero-order valence-corrected chi connectivity index (χ0v) is 25.0. The van der Waals surface area contributed by atoms with Gasteiger partial charge >= 0.3 is 7.94 Å². The topological polar surface area (TPSA) is 63.9 Å². The van der Waals surface area contributed by atoms with Crippen LogP contribution in [0.3, 0.4) is 0 Å². The minimum atomic E-state index is -4.21. The quantitative estimate of drug-likeness (QED) is 0.354. The second-order valence-electron chi connectivity index (χ2n) is 13.0.